The van der Waals surface area contributed by atoms with Gasteiger partial charge in [0.15, 0.2) is 12.6 Å². The van der Waals surface area contributed by atoms with E-state index in [4.69, 9.17) is 33.2 Å². The van der Waals surface area contributed by atoms with Crippen molar-refractivity contribution in [2.45, 2.75) is 92.1 Å². The molecule has 240 valence electrons. The maximum absolute atomic E-state index is 10.8. The molecule has 3 heterocycles. The molecule has 3 aliphatic heterocycles. The van der Waals surface area contributed by atoms with Crippen molar-refractivity contribution in [1.29, 1.82) is 0 Å². The first-order valence-corrected chi connectivity index (χ1v) is 13.2. The predicted molar refractivity (Wildman–Crippen MR) is 133 cm³/mol. The lowest BCUT2D eigenvalue weighted by Gasteiger charge is -2.48. The number of rotatable bonds is 10. The molecule has 42 heavy (non-hydrogen) atoms. The number of hydrogen-bond donors (Lipinski definition) is 10. The lowest BCUT2D eigenvalue weighted by Crippen LogP contribution is -2.66. The Kier molecular flexibility index (Phi) is 11.3. The number of hydrogen-bond acceptors (Lipinski definition) is 17. The number of aliphatic hydroxyl groups excluding tert-OH is 10. The minimum atomic E-state index is -1.92. The molecule has 15 atom stereocenters. The summed E-state index contributed by atoms with van der Waals surface area (Å²) in [5.74, 6) is 0.804. The van der Waals surface area contributed by atoms with Gasteiger partial charge < -0.3 is 84.2 Å². The SMILES string of the molecule is COc1ccc(O[C@@H]2O[C@H](CO)[C@@H](O[C@@H]3O[C@H](CO)[C@H](O[C@H]4O[C@H](CO)[C@H](O)[C@H](O)[C@H]4O)[C@H](O)[C@H]3O)[C@H](O)[C@H]2O)cc1. The van der Waals surface area contributed by atoms with E-state index in [0.717, 1.165) is 0 Å². The van der Waals surface area contributed by atoms with Crippen LogP contribution in [0.5, 0.6) is 11.5 Å². The van der Waals surface area contributed by atoms with Crippen molar-refractivity contribution in [2.75, 3.05) is 26.9 Å². The van der Waals surface area contributed by atoms with Crippen LogP contribution in [0.15, 0.2) is 24.3 Å². The Labute approximate surface area is 239 Å². The normalized spacial score (nSPS) is 44.5. The second kappa shape index (κ2) is 14.3. The molecule has 0 aromatic heterocycles. The zero-order chi connectivity index (χ0) is 30.7. The van der Waals surface area contributed by atoms with Crippen molar-refractivity contribution in [3.05, 3.63) is 24.3 Å². The molecular weight excluding hydrogens is 572 g/mol. The van der Waals surface area contributed by atoms with Gasteiger partial charge in [0.1, 0.15) is 84.7 Å². The molecule has 1 aromatic carbocycles. The van der Waals surface area contributed by atoms with Crippen LogP contribution in [0.4, 0.5) is 0 Å². The average Bonchev–Trinajstić information content (AvgIpc) is 3.00. The van der Waals surface area contributed by atoms with Crippen LogP contribution in [0, 0.1) is 0 Å². The quantitative estimate of drug-likeness (QED) is 0.118. The Balaban J connectivity index is 1.42. The van der Waals surface area contributed by atoms with Crippen LogP contribution < -0.4 is 9.47 Å². The van der Waals surface area contributed by atoms with E-state index in [9.17, 15) is 51.1 Å². The molecule has 0 saturated carbocycles. The Bertz CT molecular complexity index is 963. The standard InChI is InChI=1S/C25H38O17/c1-36-9-2-4-10(5-3-9)37-23-19(34)16(31)21(12(7-27)39-23)42-25-20(35)17(32)22(13(8-28)40-25)41-24-18(33)15(30)14(29)11(6-26)38-24/h2-5,11-35H,6-8H2,1H3/t11-,12-,13-,14+,15+,16-,17-,18-,19-,20-,21-,22+,23-,24-,25+/m1/s1. The molecule has 1 aromatic rings. The van der Waals surface area contributed by atoms with Crippen molar-refractivity contribution >= 4 is 0 Å². The minimum Gasteiger partial charge on any atom is -0.497 e. The van der Waals surface area contributed by atoms with Gasteiger partial charge in [-0.15, -0.1) is 0 Å². The van der Waals surface area contributed by atoms with Gasteiger partial charge in [0.25, 0.3) is 0 Å². The summed E-state index contributed by atoms with van der Waals surface area (Å²) in [5.41, 5.74) is 0. The van der Waals surface area contributed by atoms with Gasteiger partial charge in [-0.25, -0.2) is 0 Å². The summed E-state index contributed by atoms with van der Waals surface area (Å²) in [5, 5.41) is 102. The number of benzene rings is 1. The summed E-state index contributed by atoms with van der Waals surface area (Å²) in [6, 6.07) is 6.25. The van der Waals surface area contributed by atoms with E-state index in [1.54, 1.807) is 12.1 Å². The second-order valence-electron chi connectivity index (χ2n) is 10.1. The third-order valence-corrected chi connectivity index (χ3v) is 7.38. The van der Waals surface area contributed by atoms with Gasteiger partial charge in [-0.2, -0.15) is 0 Å². The fraction of sp³-hybridized carbons (Fsp3) is 0.760. The zero-order valence-electron chi connectivity index (χ0n) is 22.4. The molecule has 10 N–H and O–H groups in total. The summed E-state index contributed by atoms with van der Waals surface area (Å²) in [6.45, 7) is -2.29. The maximum atomic E-state index is 10.8. The number of methoxy groups -OCH3 is 1. The highest BCUT2D eigenvalue weighted by atomic mass is 16.8. The molecule has 3 saturated heterocycles. The smallest absolute Gasteiger partial charge is 0.229 e. The fourth-order valence-corrected chi connectivity index (χ4v) is 4.93. The third-order valence-electron chi connectivity index (χ3n) is 7.38. The van der Waals surface area contributed by atoms with Gasteiger partial charge in [0.05, 0.1) is 26.9 Å². The molecule has 17 heteroatoms. The van der Waals surface area contributed by atoms with Gasteiger partial charge in [-0.05, 0) is 24.3 Å². The van der Waals surface area contributed by atoms with Gasteiger partial charge >= 0.3 is 0 Å². The summed E-state index contributed by atoms with van der Waals surface area (Å²) in [6.07, 6.45) is -24.6. The van der Waals surface area contributed by atoms with E-state index < -0.39 is 112 Å². The van der Waals surface area contributed by atoms with Gasteiger partial charge in [-0.1, -0.05) is 0 Å². The van der Waals surface area contributed by atoms with Crippen molar-refractivity contribution < 1.29 is 84.2 Å². The molecule has 0 radical (unpaired) electrons. The first-order chi connectivity index (χ1) is 20.0. The molecule has 0 amide bonds. The predicted octanol–water partition coefficient (Wildman–Crippen LogP) is -5.48. The van der Waals surface area contributed by atoms with E-state index in [0.29, 0.717) is 5.75 Å². The molecule has 0 unspecified atom stereocenters. The van der Waals surface area contributed by atoms with Crippen LogP contribution >= 0.6 is 0 Å². The lowest BCUT2D eigenvalue weighted by atomic mass is 9.96. The fourth-order valence-electron chi connectivity index (χ4n) is 4.93. The Hall–Kier alpha value is -1.78. The molecule has 0 aliphatic carbocycles. The topological polar surface area (TPSA) is 267 Å². The van der Waals surface area contributed by atoms with Crippen LogP contribution in [0.1, 0.15) is 0 Å². The highest BCUT2D eigenvalue weighted by Gasteiger charge is 2.53. The molecule has 3 fully saturated rings. The van der Waals surface area contributed by atoms with E-state index in [1.165, 1.54) is 19.2 Å². The van der Waals surface area contributed by atoms with Crippen molar-refractivity contribution in [1.82, 2.24) is 0 Å². The first-order valence-electron chi connectivity index (χ1n) is 13.2. The van der Waals surface area contributed by atoms with E-state index in [1.807, 2.05) is 0 Å². The number of ether oxygens (including phenoxy) is 7. The summed E-state index contributed by atoms with van der Waals surface area (Å²) in [7, 11) is 1.48. The van der Waals surface area contributed by atoms with Crippen LogP contribution in [0.3, 0.4) is 0 Å². The molecular formula is C25H38O17. The van der Waals surface area contributed by atoms with Gasteiger partial charge in [0, 0.05) is 0 Å². The minimum absolute atomic E-state index is 0.258. The van der Waals surface area contributed by atoms with Crippen LogP contribution in [-0.4, -0.2) is 170 Å². The molecule has 3 aliphatic rings. The van der Waals surface area contributed by atoms with Crippen LogP contribution in [0.2, 0.25) is 0 Å². The van der Waals surface area contributed by atoms with E-state index >= 15 is 0 Å². The lowest BCUT2D eigenvalue weighted by molar-refractivity contribution is -0.376. The highest BCUT2D eigenvalue weighted by Crippen LogP contribution is 2.33. The van der Waals surface area contributed by atoms with E-state index in [-0.39, 0.29) is 5.75 Å². The summed E-state index contributed by atoms with van der Waals surface area (Å²) >= 11 is 0. The molecule has 4 rings (SSSR count). The second-order valence-corrected chi connectivity index (χ2v) is 10.1. The Morgan fingerprint density at radius 3 is 1.40 bits per heavy atom. The summed E-state index contributed by atoms with van der Waals surface area (Å²) in [4.78, 5) is 0. The monoisotopic (exact) mass is 610 g/mol. The first kappa shape index (κ1) is 33.1. The highest BCUT2D eigenvalue weighted by molar-refractivity contribution is 5.31. The molecule has 17 nitrogen and oxygen atoms in total. The van der Waals surface area contributed by atoms with Crippen molar-refractivity contribution in [2.24, 2.45) is 0 Å². The van der Waals surface area contributed by atoms with Crippen molar-refractivity contribution in [3.8, 4) is 11.5 Å². The van der Waals surface area contributed by atoms with Crippen molar-refractivity contribution in [3.63, 3.8) is 0 Å². The third kappa shape index (κ3) is 6.80. The Morgan fingerprint density at radius 1 is 0.524 bits per heavy atom. The largest absolute Gasteiger partial charge is 0.497 e. The Morgan fingerprint density at radius 2 is 0.929 bits per heavy atom. The summed E-state index contributed by atoms with van der Waals surface area (Å²) < 4.78 is 38.2. The number of aliphatic hydroxyl groups is 10. The molecule has 0 spiro atoms. The zero-order valence-corrected chi connectivity index (χ0v) is 22.4. The average molecular weight is 611 g/mol. The van der Waals surface area contributed by atoms with Crippen LogP contribution in [0.25, 0.3) is 0 Å². The maximum Gasteiger partial charge on any atom is 0.229 e. The van der Waals surface area contributed by atoms with Gasteiger partial charge in [0.2, 0.25) is 6.29 Å². The van der Waals surface area contributed by atoms with Gasteiger partial charge in [-0.3, -0.25) is 0 Å². The van der Waals surface area contributed by atoms with Crippen LogP contribution in [-0.2, 0) is 23.7 Å². The van der Waals surface area contributed by atoms with E-state index in [2.05, 4.69) is 0 Å². The molecule has 0 bridgehead atoms.